The van der Waals surface area contributed by atoms with Crippen molar-refractivity contribution in [3.8, 4) is 11.4 Å². The average Bonchev–Trinajstić information content (AvgIpc) is 3.18. The van der Waals surface area contributed by atoms with Crippen LogP contribution in [0.25, 0.3) is 11.4 Å². The van der Waals surface area contributed by atoms with Gasteiger partial charge in [0.2, 0.25) is 5.16 Å². The Hall–Kier alpha value is -2.34. The number of nitrogens with one attached hydrogen (secondary N) is 1. The van der Waals surface area contributed by atoms with Gasteiger partial charge in [-0.3, -0.25) is 9.89 Å². The van der Waals surface area contributed by atoms with Gasteiger partial charge in [0.05, 0.1) is 5.75 Å². The zero-order valence-electron chi connectivity index (χ0n) is 15.0. The number of carbonyl (C=O) groups is 1. The normalized spacial score (nSPS) is 11.0. The van der Waals surface area contributed by atoms with Crippen LogP contribution in [-0.4, -0.2) is 31.3 Å². The summed E-state index contributed by atoms with van der Waals surface area (Å²) in [7, 11) is 0. The van der Waals surface area contributed by atoms with Gasteiger partial charge in [-0.15, -0.1) is 5.10 Å². The summed E-state index contributed by atoms with van der Waals surface area (Å²) in [4.78, 5) is 17.0. The van der Waals surface area contributed by atoms with E-state index in [4.69, 9.17) is 0 Å². The molecule has 0 fully saturated rings. The fourth-order valence-corrected chi connectivity index (χ4v) is 3.61. The third-order valence-electron chi connectivity index (χ3n) is 4.31. The molecule has 0 aliphatic carbocycles. The number of nitrogens with zero attached hydrogens (tertiary/aromatic N) is 3. The molecule has 5 nitrogen and oxygen atoms in total. The van der Waals surface area contributed by atoms with Gasteiger partial charge in [-0.25, -0.2) is 4.98 Å². The van der Waals surface area contributed by atoms with Crippen LogP contribution in [0.1, 0.15) is 34.2 Å². The van der Waals surface area contributed by atoms with Crippen molar-refractivity contribution in [2.45, 2.75) is 39.4 Å². The topological polar surface area (TPSA) is 63.6 Å². The fraction of sp³-hybridized carbons (Fsp3) is 0.316. The van der Waals surface area contributed by atoms with Crippen molar-refractivity contribution in [2.24, 2.45) is 0 Å². The van der Waals surface area contributed by atoms with Crippen LogP contribution >= 0.6 is 11.8 Å². The first kappa shape index (κ1) is 17.5. The summed E-state index contributed by atoms with van der Waals surface area (Å²) in [5, 5.41) is 7.74. The summed E-state index contributed by atoms with van der Waals surface area (Å²) in [6.07, 6.45) is 0. The lowest BCUT2D eigenvalue weighted by atomic mass is 10.1. The standard InChI is InChI=1S/C19H22N4OS/c1-5-23-13(3)10-16(14(23)4)17(24)11-25-19-20-18(21-22-19)15-8-6-12(2)7-9-15/h6-10H,5,11H2,1-4H3,(H,20,21,22). The van der Waals surface area contributed by atoms with Gasteiger partial charge in [0.1, 0.15) is 0 Å². The number of aromatic amines is 1. The number of thioether (sulfide) groups is 1. The molecular formula is C19H22N4OS. The molecule has 0 spiro atoms. The first-order chi connectivity index (χ1) is 12.0. The van der Waals surface area contributed by atoms with Crippen LogP contribution < -0.4 is 0 Å². The fourth-order valence-electron chi connectivity index (χ4n) is 2.93. The lowest BCUT2D eigenvalue weighted by Gasteiger charge is -2.05. The van der Waals surface area contributed by atoms with E-state index in [1.165, 1.54) is 17.3 Å². The zero-order valence-corrected chi connectivity index (χ0v) is 15.8. The van der Waals surface area contributed by atoms with Gasteiger partial charge in [-0.2, -0.15) is 0 Å². The minimum absolute atomic E-state index is 0.111. The van der Waals surface area contributed by atoms with Crippen molar-refractivity contribution in [1.29, 1.82) is 0 Å². The molecule has 2 aromatic heterocycles. The number of hydrogen-bond acceptors (Lipinski definition) is 4. The first-order valence-electron chi connectivity index (χ1n) is 8.31. The molecule has 1 aromatic carbocycles. The maximum absolute atomic E-state index is 12.5. The number of hydrogen-bond donors (Lipinski definition) is 1. The maximum Gasteiger partial charge on any atom is 0.209 e. The summed E-state index contributed by atoms with van der Waals surface area (Å²) in [5.41, 5.74) is 5.13. The number of Topliss-reactive ketones (excluding diaryl/α,β-unsaturated/α-hetero) is 1. The zero-order chi connectivity index (χ0) is 18.0. The SMILES string of the molecule is CCn1c(C)cc(C(=O)CSc2n[nH]c(-c3ccc(C)cc3)n2)c1C. The number of H-pyrrole nitrogens is 1. The predicted octanol–water partition coefficient (Wildman–Crippen LogP) is 4.19. The molecule has 3 rings (SSSR count). The third kappa shape index (κ3) is 3.69. The Morgan fingerprint density at radius 3 is 2.56 bits per heavy atom. The highest BCUT2D eigenvalue weighted by atomic mass is 32.2. The van der Waals surface area contributed by atoms with E-state index in [1.807, 2.05) is 51.1 Å². The van der Waals surface area contributed by atoms with Crippen molar-refractivity contribution in [3.63, 3.8) is 0 Å². The van der Waals surface area contributed by atoms with Crippen molar-refractivity contribution in [1.82, 2.24) is 19.7 Å². The van der Waals surface area contributed by atoms with Gasteiger partial charge >= 0.3 is 0 Å². The van der Waals surface area contributed by atoms with E-state index in [2.05, 4.69) is 26.7 Å². The van der Waals surface area contributed by atoms with E-state index < -0.39 is 0 Å². The Morgan fingerprint density at radius 1 is 1.20 bits per heavy atom. The summed E-state index contributed by atoms with van der Waals surface area (Å²) in [5.74, 6) is 1.16. The van der Waals surface area contributed by atoms with Gasteiger partial charge in [0, 0.05) is 29.1 Å². The molecule has 130 valence electrons. The van der Waals surface area contributed by atoms with Crippen LogP contribution in [0.3, 0.4) is 0 Å². The predicted molar refractivity (Wildman–Crippen MR) is 101 cm³/mol. The summed E-state index contributed by atoms with van der Waals surface area (Å²) in [6, 6.07) is 10.1. The van der Waals surface area contributed by atoms with Gasteiger partial charge in [-0.05, 0) is 33.8 Å². The average molecular weight is 354 g/mol. The Balaban J connectivity index is 1.68. The van der Waals surface area contributed by atoms with E-state index in [1.54, 1.807) is 0 Å². The summed E-state index contributed by atoms with van der Waals surface area (Å²) < 4.78 is 2.15. The molecule has 0 radical (unpaired) electrons. The minimum Gasteiger partial charge on any atom is -0.349 e. The Bertz CT molecular complexity index is 893. The molecule has 0 unspecified atom stereocenters. The van der Waals surface area contributed by atoms with Crippen molar-refractivity contribution in [3.05, 3.63) is 52.8 Å². The number of ketones is 1. The Kier molecular flexibility index (Phi) is 5.08. The highest BCUT2D eigenvalue weighted by molar-refractivity contribution is 7.99. The second-order valence-corrected chi connectivity index (χ2v) is 7.02. The molecule has 25 heavy (non-hydrogen) atoms. The quantitative estimate of drug-likeness (QED) is 0.532. The van der Waals surface area contributed by atoms with Gasteiger partial charge in [-0.1, -0.05) is 41.6 Å². The Morgan fingerprint density at radius 2 is 1.92 bits per heavy atom. The number of aryl methyl sites for hydroxylation is 2. The van der Waals surface area contributed by atoms with E-state index in [-0.39, 0.29) is 5.78 Å². The molecular weight excluding hydrogens is 332 g/mol. The number of rotatable bonds is 6. The van der Waals surface area contributed by atoms with Crippen LogP contribution in [0.2, 0.25) is 0 Å². The lowest BCUT2D eigenvalue weighted by Crippen LogP contribution is -2.06. The maximum atomic E-state index is 12.5. The van der Waals surface area contributed by atoms with Crippen LogP contribution in [0.15, 0.2) is 35.5 Å². The molecule has 0 saturated heterocycles. The molecule has 0 amide bonds. The van der Waals surface area contributed by atoms with E-state index >= 15 is 0 Å². The van der Waals surface area contributed by atoms with Crippen molar-refractivity contribution >= 4 is 17.5 Å². The number of aromatic nitrogens is 4. The minimum atomic E-state index is 0.111. The molecule has 0 aliphatic heterocycles. The second kappa shape index (κ2) is 7.27. The molecule has 0 aliphatic rings. The molecule has 0 saturated carbocycles. The summed E-state index contributed by atoms with van der Waals surface area (Å²) >= 11 is 1.36. The Labute approximate surface area is 151 Å². The lowest BCUT2D eigenvalue weighted by molar-refractivity contribution is 0.102. The van der Waals surface area contributed by atoms with E-state index in [9.17, 15) is 4.79 Å². The highest BCUT2D eigenvalue weighted by Gasteiger charge is 2.16. The van der Waals surface area contributed by atoms with Crippen LogP contribution in [0.4, 0.5) is 0 Å². The van der Waals surface area contributed by atoms with E-state index in [0.717, 1.165) is 34.9 Å². The molecule has 2 heterocycles. The molecule has 6 heteroatoms. The first-order valence-corrected chi connectivity index (χ1v) is 9.30. The monoisotopic (exact) mass is 354 g/mol. The van der Waals surface area contributed by atoms with Crippen LogP contribution in [0, 0.1) is 20.8 Å². The van der Waals surface area contributed by atoms with Gasteiger partial charge in [0.15, 0.2) is 11.6 Å². The second-order valence-electron chi connectivity index (χ2n) is 6.07. The smallest absolute Gasteiger partial charge is 0.209 e. The molecule has 0 atom stereocenters. The largest absolute Gasteiger partial charge is 0.349 e. The number of benzene rings is 1. The molecule has 0 bridgehead atoms. The van der Waals surface area contributed by atoms with Gasteiger partial charge in [0.25, 0.3) is 0 Å². The van der Waals surface area contributed by atoms with Crippen molar-refractivity contribution in [2.75, 3.05) is 5.75 Å². The third-order valence-corrected chi connectivity index (χ3v) is 5.16. The van der Waals surface area contributed by atoms with Crippen molar-refractivity contribution < 1.29 is 4.79 Å². The van der Waals surface area contributed by atoms with Crippen LogP contribution in [0.5, 0.6) is 0 Å². The number of carbonyl (C=O) groups excluding carboxylic acids is 1. The molecule has 3 aromatic rings. The van der Waals surface area contributed by atoms with Gasteiger partial charge < -0.3 is 4.57 Å². The molecule has 1 N–H and O–H groups in total. The van der Waals surface area contributed by atoms with E-state index in [0.29, 0.717) is 10.9 Å². The summed E-state index contributed by atoms with van der Waals surface area (Å²) in [6.45, 7) is 9.04. The van der Waals surface area contributed by atoms with Crippen LogP contribution in [-0.2, 0) is 6.54 Å². The highest BCUT2D eigenvalue weighted by Crippen LogP contribution is 2.22.